The third kappa shape index (κ3) is 3.10. The second kappa shape index (κ2) is 5.41. The quantitative estimate of drug-likeness (QED) is 0.571. The number of piperidine rings is 1. The summed E-state index contributed by atoms with van der Waals surface area (Å²) in [4.78, 5) is 35.4. The number of Topliss-reactive ketones (excluding diaryl/α,β-unsaturated/α-hetero) is 1. The minimum absolute atomic E-state index is 0.0591. The van der Waals surface area contributed by atoms with Gasteiger partial charge in [0.1, 0.15) is 0 Å². The van der Waals surface area contributed by atoms with E-state index in [1.165, 1.54) is 20.8 Å². The zero-order valence-corrected chi connectivity index (χ0v) is 11.4. The van der Waals surface area contributed by atoms with Gasteiger partial charge >= 0.3 is 18.1 Å². The number of ketones is 1. The number of ether oxygens (including phenoxy) is 1. The number of nitrogens with zero attached hydrogens (tertiary/aromatic N) is 1. The van der Waals surface area contributed by atoms with E-state index in [0.29, 0.717) is 4.90 Å². The number of esters is 1. The van der Waals surface area contributed by atoms with Crippen LogP contribution in [0.4, 0.5) is 13.2 Å². The van der Waals surface area contributed by atoms with Gasteiger partial charge in [0, 0.05) is 12.0 Å². The lowest BCUT2D eigenvalue weighted by Crippen LogP contribution is -2.65. The molecule has 1 atom stereocenters. The molecule has 0 saturated carbocycles. The Hall–Kier alpha value is -1.60. The molecule has 0 N–H and O–H groups in total. The van der Waals surface area contributed by atoms with Crippen molar-refractivity contribution in [1.82, 2.24) is 4.90 Å². The Morgan fingerprint density at radius 1 is 1.40 bits per heavy atom. The highest BCUT2D eigenvalue weighted by molar-refractivity contribution is 6.07. The first-order chi connectivity index (χ1) is 9.02. The number of halogens is 3. The Bertz CT molecular complexity index is 431. The molecule has 0 aromatic carbocycles. The smallest absolute Gasteiger partial charge is 0.464 e. The van der Waals surface area contributed by atoms with Crippen molar-refractivity contribution < 1.29 is 32.3 Å². The number of carbonyl (C=O) groups excluding carboxylic acids is 3. The molecule has 114 valence electrons. The van der Waals surface area contributed by atoms with E-state index in [1.807, 2.05) is 0 Å². The van der Waals surface area contributed by atoms with Gasteiger partial charge in [-0.3, -0.25) is 9.59 Å². The summed E-state index contributed by atoms with van der Waals surface area (Å²) < 4.78 is 42.6. The Balaban J connectivity index is 3.23. The van der Waals surface area contributed by atoms with Gasteiger partial charge < -0.3 is 9.64 Å². The molecule has 1 fully saturated rings. The van der Waals surface area contributed by atoms with E-state index in [4.69, 9.17) is 0 Å². The molecule has 20 heavy (non-hydrogen) atoms. The van der Waals surface area contributed by atoms with Crippen molar-refractivity contribution in [1.29, 1.82) is 0 Å². The zero-order chi connectivity index (χ0) is 15.7. The van der Waals surface area contributed by atoms with Crippen molar-refractivity contribution in [3.8, 4) is 0 Å². The van der Waals surface area contributed by atoms with E-state index in [2.05, 4.69) is 4.74 Å². The SMILES string of the molecule is CCOC(=O)C1C(=O)CCC(C)(C)N1C(=O)C(F)(F)F. The van der Waals surface area contributed by atoms with Crippen LogP contribution in [0.5, 0.6) is 0 Å². The molecule has 0 aliphatic carbocycles. The van der Waals surface area contributed by atoms with E-state index in [1.54, 1.807) is 0 Å². The van der Waals surface area contributed by atoms with Crippen molar-refractivity contribution >= 4 is 17.7 Å². The van der Waals surface area contributed by atoms with Gasteiger partial charge in [-0.1, -0.05) is 0 Å². The van der Waals surface area contributed by atoms with E-state index >= 15 is 0 Å². The van der Waals surface area contributed by atoms with Gasteiger partial charge in [-0.05, 0) is 27.2 Å². The summed E-state index contributed by atoms with van der Waals surface area (Å²) in [6.45, 7) is 4.15. The maximum Gasteiger partial charge on any atom is 0.471 e. The molecule has 5 nitrogen and oxygen atoms in total. The first-order valence-electron chi connectivity index (χ1n) is 6.12. The van der Waals surface area contributed by atoms with Crippen molar-refractivity contribution in [3.63, 3.8) is 0 Å². The standard InChI is InChI=1S/C12H16F3NO4/c1-4-20-9(18)8-7(17)5-6-11(2,3)16(8)10(19)12(13,14)15/h8H,4-6H2,1-3H3. The van der Waals surface area contributed by atoms with Crippen molar-refractivity contribution in [3.05, 3.63) is 0 Å². The summed E-state index contributed by atoms with van der Waals surface area (Å²) in [6, 6.07) is -1.83. The molecule has 1 amide bonds. The molecule has 0 spiro atoms. The van der Waals surface area contributed by atoms with E-state index < -0.39 is 35.4 Å². The van der Waals surface area contributed by atoms with Crippen molar-refractivity contribution in [2.75, 3.05) is 6.61 Å². The molecule has 1 heterocycles. The predicted octanol–water partition coefficient (Wildman–Crippen LogP) is 1.45. The summed E-state index contributed by atoms with van der Waals surface area (Å²) in [6.07, 6.45) is -5.17. The largest absolute Gasteiger partial charge is 0.471 e. The second-order valence-electron chi connectivity index (χ2n) is 5.11. The van der Waals surface area contributed by atoms with Crippen LogP contribution in [0.15, 0.2) is 0 Å². The number of hydrogen-bond donors (Lipinski definition) is 0. The fraction of sp³-hybridized carbons (Fsp3) is 0.750. The third-order valence-electron chi connectivity index (χ3n) is 3.17. The maximum atomic E-state index is 12.7. The molecule has 1 unspecified atom stereocenters. The minimum Gasteiger partial charge on any atom is -0.464 e. The number of rotatable bonds is 2. The predicted molar refractivity (Wildman–Crippen MR) is 61.6 cm³/mol. The van der Waals surface area contributed by atoms with E-state index in [9.17, 15) is 27.6 Å². The average molecular weight is 295 g/mol. The summed E-state index contributed by atoms with van der Waals surface area (Å²) in [5.74, 6) is -4.06. The first-order valence-corrected chi connectivity index (χ1v) is 6.12. The molecule has 1 aliphatic rings. The molecule has 0 bridgehead atoms. The van der Waals surface area contributed by atoms with Crippen LogP contribution < -0.4 is 0 Å². The van der Waals surface area contributed by atoms with Crippen LogP contribution in [0.1, 0.15) is 33.6 Å². The van der Waals surface area contributed by atoms with Crippen molar-refractivity contribution in [2.24, 2.45) is 0 Å². The summed E-state index contributed by atoms with van der Waals surface area (Å²) in [7, 11) is 0. The Kier molecular flexibility index (Phi) is 4.45. The monoisotopic (exact) mass is 295 g/mol. The highest BCUT2D eigenvalue weighted by Gasteiger charge is 2.55. The van der Waals surface area contributed by atoms with Gasteiger partial charge in [-0.25, -0.2) is 4.79 Å². The van der Waals surface area contributed by atoms with Gasteiger partial charge in [-0.15, -0.1) is 0 Å². The number of carbonyl (C=O) groups is 3. The molecular weight excluding hydrogens is 279 g/mol. The molecule has 1 rings (SSSR count). The van der Waals surface area contributed by atoms with E-state index in [0.717, 1.165) is 0 Å². The highest BCUT2D eigenvalue weighted by atomic mass is 19.4. The van der Waals surface area contributed by atoms with Crippen molar-refractivity contribution in [2.45, 2.75) is 51.4 Å². The molecule has 0 aromatic rings. The van der Waals surface area contributed by atoms with Crippen LogP contribution in [-0.2, 0) is 19.1 Å². The van der Waals surface area contributed by atoms with Gasteiger partial charge in [0.25, 0.3) is 0 Å². The molecule has 1 saturated heterocycles. The van der Waals surface area contributed by atoms with Gasteiger partial charge in [-0.2, -0.15) is 13.2 Å². The maximum absolute atomic E-state index is 12.7. The summed E-state index contributed by atoms with van der Waals surface area (Å²) in [5.41, 5.74) is -1.25. The number of hydrogen-bond acceptors (Lipinski definition) is 4. The minimum atomic E-state index is -5.15. The number of alkyl halides is 3. The van der Waals surface area contributed by atoms with Crippen LogP contribution in [0.2, 0.25) is 0 Å². The fourth-order valence-electron chi connectivity index (χ4n) is 2.17. The molecule has 0 radical (unpaired) electrons. The Labute approximate surface area is 114 Å². The van der Waals surface area contributed by atoms with Gasteiger partial charge in [0.15, 0.2) is 11.8 Å². The lowest BCUT2D eigenvalue weighted by Gasteiger charge is -2.45. The molecule has 1 aliphatic heterocycles. The van der Waals surface area contributed by atoms with Gasteiger partial charge in [0.05, 0.1) is 6.61 Å². The lowest BCUT2D eigenvalue weighted by atomic mass is 9.85. The summed E-state index contributed by atoms with van der Waals surface area (Å²) in [5, 5.41) is 0. The van der Waals surface area contributed by atoms with Crippen LogP contribution in [0.25, 0.3) is 0 Å². The molecule has 8 heteroatoms. The number of amides is 1. The Morgan fingerprint density at radius 3 is 2.40 bits per heavy atom. The van der Waals surface area contributed by atoms with E-state index in [-0.39, 0.29) is 19.4 Å². The number of likely N-dealkylation sites (tertiary alicyclic amines) is 1. The fourth-order valence-corrected chi connectivity index (χ4v) is 2.17. The topological polar surface area (TPSA) is 63.7 Å². The molecule has 0 aromatic heterocycles. The second-order valence-corrected chi connectivity index (χ2v) is 5.11. The van der Waals surface area contributed by atoms with Crippen LogP contribution >= 0.6 is 0 Å². The normalized spacial score (nSPS) is 22.6. The molecular formula is C12H16F3NO4. The summed E-state index contributed by atoms with van der Waals surface area (Å²) >= 11 is 0. The third-order valence-corrected chi connectivity index (χ3v) is 3.17. The zero-order valence-electron chi connectivity index (χ0n) is 11.4. The Morgan fingerprint density at radius 2 is 1.95 bits per heavy atom. The van der Waals surface area contributed by atoms with Crippen LogP contribution in [0, 0.1) is 0 Å². The average Bonchev–Trinajstić information content (AvgIpc) is 2.30. The first kappa shape index (κ1) is 16.5. The van der Waals surface area contributed by atoms with Crippen LogP contribution in [0.3, 0.4) is 0 Å². The van der Waals surface area contributed by atoms with Gasteiger partial charge in [0.2, 0.25) is 0 Å². The van der Waals surface area contributed by atoms with Crippen LogP contribution in [-0.4, -0.2) is 46.9 Å². The highest BCUT2D eigenvalue weighted by Crippen LogP contribution is 2.34. The lowest BCUT2D eigenvalue weighted by molar-refractivity contribution is -0.199.